The first-order chi connectivity index (χ1) is 16.1. The number of benzene rings is 1. The highest BCUT2D eigenvalue weighted by Crippen LogP contribution is 2.33. The lowest BCUT2D eigenvalue weighted by atomic mass is 10.1. The van der Waals surface area contributed by atoms with Crippen LogP contribution in [0.15, 0.2) is 64.4 Å². The SMILES string of the molecule is CCCCCNc1nc2ccccn2c(=O)c1C=C1SC(=S)N(CCc2ccccc2)C1=O. The van der Waals surface area contributed by atoms with Crippen LogP contribution in [-0.4, -0.2) is 37.6 Å². The van der Waals surface area contributed by atoms with Crippen LogP contribution in [0.5, 0.6) is 0 Å². The van der Waals surface area contributed by atoms with Gasteiger partial charge in [0.2, 0.25) is 0 Å². The fourth-order valence-corrected chi connectivity index (χ4v) is 4.95. The average molecular weight is 479 g/mol. The van der Waals surface area contributed by atoms with Crippen molar-refractivity contribution in [1.82, 2.24) is 14.3 Å². The summed E-state index contributed by atoms with van der Waals surface area (Å²) >= 11 is 6.71. The molecule has 0 saturated carbocycles. The molecular formula is C25H26N4O2S2. The second-order valence-corrected chi connectivity index (χ2v) is 9.49. The minimum atomic E-state index is -0.215. The third-order valence-corrected chi connectivity index (χ3v) is 6.84. The number of nitrogens with one attached hydrogen (secondary N) is 1. The van der Waals surface area contributed by atoms with E-state index in [4.69, 9.17) is 12.2 Å². The molecule has 1 N–H and O–H groups in total. The van der Waals surface area contributed by atoms with E-state index in [1.807, 2.05) is 36.4 Å². The number of carbonyl (C=O) groups excluding carboxylic acids is 1. The van der Waals surface area contributed by atoms with Crippen LogP contribution in [0.25, 0.3) is 11.7 Å². The fourth-order valence-electron chi connectivity index (χ4n) is 3.66. The number of anilines is 1. The summed E-state index contributed by atoms with van der Waals surface area (Å²) in [5.41, 5.74) is 1.87. The Morgan fingerprint density at radius 2 is 1.88 bits per heavy atom. The fraction of sp³-hybridized carbons (Fsp3) is 0.280. The number of thioether (sulfide) groups is 1. The Morgan fingerprint density at radius 3 is 2.67 bits per heavy atom. The van der Waals surface area contributed by atoms with E-state index in [-0.39, 0.29) is 11.5 Å². The lowest BCUT2D eigenvalue weighted by molar-refractivity contribution is -0.122. The number of pyridine rings is 1. The molecule has 1 amide bonds. The van der Waals surface area contributed by atoms with Crippen molar-refractivity contribution >= 4 is 51.7 Å². The molecule has 6 nitrogen and oxygen atoms in total. The Hall–Kier alpha value is -2.97. The van der Waals surface area contributed by atoms with Crippen LogP contribution in [0.3, 0.4) is 0 Å². The van der Waals surface area contributed by atoms with E-state index < -0.39 is 0 Å². The van der Waals surface area contributed by atoms with Crippen LogP contribution >= 0.6 is 24.0 Å². The van der Waals surface area contributed by atoms with Crippen molar-refractivity contribution in [1.29, 1.82) is 0 Å². The molecule has 2 aromatic heterocycles. The summed E-state index contributed by atoms with van der Waals surface area (Å²) in [6.45, 7) is 3.36. The number of carbonyl (C=O) groups is 1. The predicted molar refractivity (Wildman–Crippen MR) is 140 cm³/mol. The normalized spacial score (nSPS) is 15.1. The second kappa shape index (κ2) is 10.8. The molecule has 3 heterocycles. The maximum absolute atomic E-state index is 13.3. The van der Waals surface area contributed by atoms with Crippen LogP contribution in [0.2, 0.25) is 0 Å². The third kappa shape index (κ3) is 5.34. The van der Waals surface area contributed by atoms with Crippen molar-refractivity contribution in [2.45, 2.75) is 32.6 Å². The quantitative estimate of drug-likeness (QED) is 0.272. The van der Waals surface area contributed by atoms with Crippen molar-refractivity contribution in [3.63, 3.8) is 0 Å². The van der Waals surface area contributed by atoms with Gasteiger partial charge in [-0.25, -0.2) is 4.98 Å². The molecule has 1 fully saturated rings. The van der Waals surface area contributed by atoms with Gasteiger partial charge < -0.3 is 5.32 Å². The highest BCUT2D eigenvalue weighted by Gasteiger charge is 2.32. The van der Waals surface area contributed by atoms with Crippen LogP contribution in [0, 0.1) is 0 Å². The average Bonchev–Trinajstić information content (AvgIpc) is 3.10. The van der Waals surface area contributed by atoms with E-state index in [0.29, 0.717) is 45.8 Å². The summed E-state index contributed by atoms with van der Waals surface area (Å²) in [5.74, 6) is 0.326. The monoisotopic (exact) mass is 478 g/mol. The van der Waals surface area contributed by atoms with E-state index in [1.54, 1.807) is 29.3 Å². The maximum Gasteiger partial charge on any atom is 0.267 e. The first-order valence-corrected chi connectivity index (χ1v) is 12.4. The zero-order valence-electron chi connectivity index (χ0n) is 18.5. The molecule has 33 heavy (non-hydrogen) atoms. The predicted octanol–water partition coefficient (Wildman–Crippen LogP) is 4.74. The zero-order valence-corrected chi connectivity index (χ0v) is 20.1. The van der Waals surface area contributed by atoms with E-state index >= 15 is 0 Å². The third-order valence-electron chi connectivity index (χ3n) is 5.46. The first-order valence-electron chi connectivity index (χ1n) is 11.1. The molecule has 0 atom stereocenters. The molecule has 3 aromatic rings. The van der Waals surface area contributed by atoms with Crippen molar-refractivity contribution in [3.8, 4) is 0 Å². The largest absolute Gasteiger partial charge is 0.369 e. The molecule has 0 radical (unpaired) electrons. The van der Waals surface area contributed by atoms with Gasteiger partial charge in [-0.3, -0.25) is 18.9 Å². The maximum atomic E-state index is 13.3. The number of unbranched alkanes of at least 4 members (excludes halogenated alkanes) is 2. The summed E-state index contributed by atoms with van der Waals surface area (Å²) in [4.78, 5) is 33.1. The number of hydrogen-bond acceptors (Lipinski definition) is 6. The lowest BCUT2D eigenvalue weighted by Gasteiger charge is -2.14. The Kier molecular flexibility index (Phi) is 7.57. The molecule has 170 valence electrons. The first kappa shape index (κ1) is 23.2. The molecule has 0 spiro atoms. The van der Waals surface area contributed by atoms with E-state index in [9.17, 15) is 9.59 Å². The number of nitrogens with zero attached hydrogens (tertiary/aromatic N) is 3. The van der Waals surface area contributed by atoms with Gasteiger partial charge in [-0.2, -0.15) is 0 Å². The Labute approximate surface area is 202 Å². The summed E-state index contributed by atoms with van der Waals surface area (Å²) in [6.07, 6.45) is 7.22. The summed E-state index contributed by atoms with van der Waals surface area (Å²) in [7, 11) is 0. The number of thiocarbonyl (C=S) groups is 1. The van der Waals surface area contributed by atoms with Gasteiger partial charge in [-0.05, 0) is 36.6 Å². The molecule has 0 aliphatic carbocycles. The number of rotatable bonds is 9. The summed E-state index contributed by atoms with van der Waals surface area (Å²) in [5, 5.41) is 3.30. The van der Waals surface area contributed by atoms with Gasteiger partial charge in [-0.15, -0.1) is 0 Å². The van der Waals surface area contributed by atoms with Crippen LogP contribution in [0.4, 0.5) is 5.82 Å². The molecular weight excluding hydrogens is 452 g/mol. The topological polar surface area (TPSA) is 66.7 Å². The van der Waals surface area contributed by atoms with Crippen LogP contribution < -0.4 is 10.9 Å². The van der Waals surface area contributed by atoms with Crippen LogP contribution in [-0.2, 0) is 11.2 Å². The van der Waals surface area contributed by atoms with Gasteiger partial charge in [-0.1, -0.05) is 80.1 Å². The summed E-state index contributed by atoms with van der Waals surface area (Å²) in [6, 6.07) is 15.4. The van der Waals surface area contributed by atoms with Crippen molar-refractivity contribution in [2.75, 3.05) is 18.4 Å². The molecule has 1 aromatic carbocycles. The molecule has 4 rings (SSSR count). The van der Waals surface area contributed by atoms with Crippen molar-refractivity contribution < 1.29 is 4.79 Å². The van der Waals surface area contributed by atoms with E-state index in [2.05, 4.69) is 17.2 Å². The van der Waals surface area contributed by atoms with Crippen LogP contribution in [0.1, 0.15) is 37.3 Å². The lowest BCUT2D eigenvalue weighted by Crippen LogP contribution is -2.30. The van der Waals surface area contributed by atoms with E-state index in [0.717, 1.165) is 24.8 Å². The minimum absolute atomic E-state index is 0.171. The number of hydrogen-bond donors (Lipinski definition) is 1. The molecule has 1 aliphatic rings. The minimum Gasteiger partial charge on any atom is -0.369 e. The molecule has 0 bridgehead atoms. The molecule has 1 saturated heterocycles. The smallest absolute Gasteiger partial charge is 0.267 e. The van der Waals surface area contributed by atoms with Crippen molar-refractivity contribution in [3.05, 3.63) is 81.1 Å². The van der Waals surface area contributed by atoms with E-state index in [1.165, 1.54) is 16.2 Å². The molecule has 1 aliphatic heterocycles. The molecule has 8 heteroatoms. The van der Waals surface area contributed by atoms with Gasteiger partial charge in [0, 0.05) is 19.3 Å². The Bertz CT molecular complexity index is 1250. The van der Waals surface area contributed by atoms with Gasteiger partial charge in [0.25, 0.3) is 11.5 Å². The summed E-state index contributed by atoms with van der Waals surface area (Å²) < 4.78 is 2.01. The van der Waals surface area contributed by atoms with Gasteiger partial charge >= 0.3 is 0 Å². The molecule has 0 unspecified atom stereocenters. The van der Waals surface area contributed by atoms with Gasteiger partial charge in [0.15, 0.2) is 0 Å². The van der Waals surface area contributed by atoms with Crippen molar-refractivity contribution in [2.24, 2.45) is 0 Å². The number of aromatic nitrogens is 2. The number of amides is 1. The van der Waals surface area contributed by atoms with Gasteiger partial charge in [0.05, 0.1) is 10.5 Å². The standard InChI is InChI=1S/C25H26N4O2S2/c1-2-3-8-14-26-22-19(23(30)28-15-9-7-12-21(28)27-22)17-20-24(31)29(25(32)33-20)16-13-18-10-5-4-6-11-18/h4-7,9-12,15,17,26H,2-3,8,13-14,16H2,1H3. The Balaban J connectivity index is 1.62. The zero-order chi connectivity index (χ0) is 23.2. The Morgan fingerprint density at radius 1 is 1.09 bits per heavy atom. The second-order valence-electron chi connectivity index (χ2n) is 7.81. The number of fused-ring (bicyclic) bond motifs is 1. The van der Waals surface area contributed by atoms with Gasteiger partial charge in [0.1, 0.15) is 15.8 Å². The highest BCUT2D eigenvalue weighted by atomic mass is 32.2. The highest BCUT2D eigenvalue weighted by molar-refractivity contribution is 8.26.